The first-order valence-corrected chi connectivity index (χ1v) is 11.2. The predicted molar refractivity (Wildman–Crippen MR) is 122 cm³/mol. The van der Waals surface area contributed by atoms with Crippen molar-refractivity contribution in [3.63, 3.8) is 0 Å². The van der Waals surface area contributed by atoms with Gasteiger partial charge in [-0.3, -0.25) is 0 Å². The molecule has 29 heavy (non-hydrogen) atoms. The quantitative estimate of drug-likeness (QED) is 0.425. The maximum Gasteiger partial charge on any atom is 0.168 e. The number of unbranched alkanes of at least 4 members (excludes halogenated alkanes) is 1. The Labute approximate surface area is 177 Å². The molecule has 0 radical (unpaired) electrons. The van der Waals surface area contributed by atoms with E-state index in [0.29, 0.717) is 11.6 Å². The number of rotatable bonds is 10. The second-order valence-corrected chi connectivity index (χ2v) is 8.54. The molecule has 1 aromatic rings. The lowest BCUT2D eigenvalue weighted by Gasteiger charge is -2.39. The molecule has 0 aliphatic carbocycles. The van der Waals surface area contributed by atoms with E-state index in [-0.39, 0.29) is 29.2 Å². The summed E-state index contributed by atoms with van der Waals surface area (Å²) >= 11 is 0. The minimum atomic E-state index is -0.865. The van der Waals surface area contributed by atoms with E-state index < -0.39 is 11.6 Å². The maximum absolute atomic E-state index is 14.6. The zero-order chi connectivity index (χ0) is 22.6. The molecule has 4 heteroatoms. The van der Waals surface area contributed by atoms with Gasteiger partial charge in [-0.25, -0.2) is 8.78 Å². The minimum Gasteiger partial charge on any atom is -0.392 e. The Bertz CT molecular complexity index is 620. The van der Waals surface area contributed by atoms with Crippen LogP contribution in [0.4, 0.5) is 8.78 Å². The van der Waals surface area contributed by atoms with Gasteiger partial charge in [0.05, 0.1) is 6.61 Å². The second-order valence-electron chi connectivity index (χ2n) is 8.54. The van der Waals surface area contributed by atoms with E-state index in [9.17, 15) is 13.9 Å². The number of nitrogens with one attached hydrogen (secondary N) is 1. The molecular weight excluding hydrogens is 368 g/mol. The van der Waals surface area contributed by atoms with E-state index in [4.69, 9.17) is 0 Å². The van der Waals surface area contributed by atoms with Gasteiger partial charge in [-0.1, -0.05) is 73.8 Å². The number of aliphatic hydroxyl groups is 1. The normalized spacial score (nSPS) is 14.1. The molecule has 0 heterocycles. The molecular formula is C25H43F2NO. The van der Waals surface area contributed by atoms with Crippen molar-refractivity contribution < 1.29 is 13.9 Å². The SMILES string of the molecule is CC.CCCCC(CCC)C(N/C(=C/CO)c1ccc(C)c(F)c1F)C(C)(C)C. The molecule has 0 aromatic heterocycles. The molecule has 2 unspecified atom stereocenters. The minimum absolute atomic E-state index is 0.0676. The van der Waals surface area contributed by atoms with E-state index >= 15 is 0 Å². The van der Waals surface area contributed by atoms with Gasteiger partial charge in [0, 0.05) is 17.3 Å². The Balaban J connectivity index is 0.00000379. The van der Waals surface area contributed by atoms with Gasteiger partial charge in [-0.05, 0) is 48.8 Å². The van der Waals surface area contributed by atoms with Crippen LogP contribution in [-0.2, 0) is 0 Å². The molecule has 1 rings (SSSR count). The summed E-state index contributed by atoms with van der Waals surface area (Å²) in [5.74, 6) is -1.27. The summed E-state index contributed by atoms with van der Waals surface area (Å²) in [5.41, 5.74) is 0.847. The van der Waals surface area contributed by atoms with Crippen LogP contribution in [0.5, 0.6) is 0 Å². The molecule has 0 amide bonds. The van der Waals surface area contributed by atoms with Gasteiger partial charge in [0.15, 0.2) is 11.6 Å². The molecule has 0 saturated carbocycles. The topological polar surface area (TPSA) is 32.3 Å². The zero-order valence-electron chi connectivity index (χ0n) is 19.8. The Hall–Kier alpha value is -1.42. The van der Waals surface area contributed by atoms with Crippen LogP contribution in [-0.4, -0.2) is 17.8 Å². The van der Waals surface area contributed by atoms with Crippen LogP contribution >= 0.6 is 0 Å². The number of benzene rings is 1. The van der Waals surface area contributed by atoms with Gasteiger partial charge in [-0.2, -0.15) is 0 Å². The van der Waals surface area contributed by atoms with Crippen LogP contribution in [0.1, 0.15) is 91.7 Å². The molecule has 168 valence electrons. The zero-order valence-corrected chi connectivity index (χ0v) is 19.8. The molecule has 0 aliphatic heterocycles. The largest absolute Gasteiger partial charge is 0.392 e. The van der Waals surface area contributed by atoms with Crippen molar-refractivity contribution in [1.82, 2.24) is 5.32 Å². The average Bonchev–Trinajstić information content (AvgIpc) is 2.68. The van der Waals surface area contributed by atoms with Gasteiger partial charge in [0.2, 0.25) is 0 Å². The number of halogens is 2. The van der Waals surface area contributed by atoms with Crippen molar-refractivity contribution in [3.8, 4) is 0 Å². The summed E-state index contributed by atoms with van der Waals surface area (Å²) in [6, 6.07) is 3.25. The van der Waals surface area contributed by atoms with E-state index in [1.807, 2.05) is 13.8 Å². The van der Waals surface area contributed by atoms with Crippen LogP contribution < -0.4 is 5.32 Å². The standard InChI is InChI=1S/C23H37F2NO.C2H6/c1-7-9-11-17(10-8-2)22(23(4,5)6)26-19(14-15-27)18-13-12-16(3)20(24)21(18)25;1-2/h12-14,17,22,26-27H,7-11,15H2,1-6H3;1-2H3/b19-14+;. The van der Waals surface area contributed by atoms with E-state index in [0.717, 1.165) is 32.1 Å². The number of hydrogen-bond acceptors (Lipinski definition) is 2. The van der Waals surface area contributed by atoms with Crippen LogP contribution in [0.25, 0.3) is 5.70 Å². The number of hydrogen-bond donors (Lipinski definition) is 2. The van der Waals surface area contributed by atoms with E-state index in [1.165, 1.54) is 6.08 Å². The summed E-state index contributed by atoms with van der Waals surface area (Å²) in [6.07, 6.45) is 7.06. The third-order valence-electron chi connectivity index (χ3n) is 5.16. The van der Waals surface area contributed by atoms with Crippen molar-refractivity contribution >= 4 is 5.70 Å². The van der Waals surface area contributed by atoms with Crippen LogP contribution in [0, 0.1) is 29.9 Å². The van der Waals surface area contributed by atoms with Crippen LogP contribution in [0.3, 0.4) is 0 Å². The first-order valence-electron chi connectivity index (χ1n) is 11.2. The molecule has 0 saturated heterocycles. The molecule has 0 spiro atoms. The molecule has 2 N–H and O–H groups in total. The number of aliphatic hydroxyl groups excluding tert-OH is 1. The molecule has 0 fully saturated rings. The van der Waals surface area contributed by atoms with Gasteiger partial charge >= 0.3 is 0 Å². The highest BCUT2D eigenvalue weighted by molar-refractivity contribution is 5.65. The molecule has 1 aromatic carbocycles. The molecule has 2 nitrogen and oxygen atoms in total. The summed E-state index contributed by atoms with van der Waals surface area (Å²) in [7, 11) is 0. The van der Waals surface area contributed by atoms with Crippen LogP contribution in [0.15, 0.2) is 18.2 Å². The van der Waals surface area contributed by atoms with Gasteiger partial charge < -0.3 is 10.4 Å². The summed E-state index contributed by atoms with van der Waals surface area (Å²) in [5, 5.41) is 13.0. The number of aryl methyl sites for hydroxylation is 1. The molecule has 2 atom stereocenters. The lowest BCUT2D eigenvalue weighted by Crippen LogP contribution is -2.45. The highest BCUT2D eigenvalue weighted by Gasteiger charge is 2.32. The predicted octanol–water partition coefficient (Wildman–Crippen LogP) is 7.24. The monoisotopic (exact) mass is 411 g/mol. The summed E-state index contributed by atoms with van der Waals surface area (Å²) in [4.78, 5) is 0. The summed E-state index contributed by atoms with van der Waals surface area (Å²) < 4.78 is 28.7. The fraction of sp³-hybridized carbons (Fsp3) is 0.680. The maximum atomic E-state index is 14.6. The lowest BCUT2D eigenvalue weighted by atomic mass is 9.75. The Morgan fingerprint density at radius 2 is 1.69 bits per heavy atom. The second kappa shape index (κ2) is 13.7. The highest BCUT2D eigenvalue weighted by atomic mass is 19.2. The lowest BCUT2D eigenvalue weighted by molar-refractivity contribution is 0.190. The smallest absolute Gasteiger partial charge is 0.168 e. The fourth-order valence-corrected chi connectivity index (χ4v) is 3.72. The third kappa shape index (κ3) is 8.46. The molecule has 0 bridgehead atoms. The van der Waals surface area contributed by atoms with E-state index in [2.05, 4.69) is 39.9 Å². The Morgan fingerprint density at radius 3 is 2.17 bits per heavy atom. The van der Waals surface area contributed by atoms with Crippen molar-refractivity contribution in [2.45, 2.75) is 93.5 Å². The average molecular weight is 412 g/mol. The van der Waals surface area contributed by atoms with Crippen molar-refractivity contribution in [2.75, 3.05) is 6.61 Å². The third-order valence-corrected chi connectivity index (χ3v) is 5.16. The van der Waals surface area contributed by atoms with E-state index in [1.54, 1.807) is 19.1 Å². The van der Waals surface area contributed by atoms with Gasteiger partial charge in [0.25, 0.3) is 0 Å². The Morgan fingerprint density at radius 1 is 1.07 bits per heavy atom. The first-order chi connectivity index (χ1) is 13.7. The Kier molecular flexibility index (Phi) is 13.1. The molecule has 0 aliphatic rings. The van der Waals surface area contributed by atoms with Gasteiger partial charge in [-0.15, -0.1) is 0 Å². The first kappa shape index (κ1) is 27.6. The highest BCUT2D eigenvalue weighted by Crippen LogP contribution is 2.33. The van der Waals surface area contributed by atoms with Gasteiger partial charge in [0.1, 0.15) is 0 Å². The van der Waals surface area contributed by atoms with Crippen LogP contribution in [0.2, 0.25) is 0 Å². The fourth-order valence-electron chi connectivity index (χ4n) is 3.72. The summed E-state index contributed by atoms with van der Waals surface area (Å²) in [6.45, 7) is 16.2. The van der Waals surface area contributed by atoms with Crippen molar-refractivity contribution in [2.24, 2.45) is 11.3 Å². The van der Waals surface area contributed by atoms with Crippen molar-refractivity contribution in [3.05, 3.63) is 41.0 Å². The van der Waals surface area contributed by atoms with Crippen molar-refractivity contribution in [1.29, 1.82) is 0 Å².